The fourth-order valence-electron chi connectivity index (χ4n) is 3.60. The van der Waals surface area contributed by atoms with Crippen molar-refractivity contribution in [3.05, 3.63) is 82.8 Å². The maximum Gasteiger partial charge on any atom is 0.199 e. The van der Waals surface area contributed by atoms with Gasteiger partial charge >= 0.3 is 0 Å². The molecule has 4 nitrogen and oxygen atoms in total. The van der Waals surface area contributed by atoms with Crippen molar-refractivity contribution in [3.63, 3.8) is 0 Å². The van der Waals surface area contributed by atoms with Gasteiger partial charge in [-0.05, 0) is 47.4 Å². The highest BCUT2D eigenvalue weighted by Gasteiger charge is 2.19. The molecule has 2 heterocycles. The smallest absolute Gasteiger partial charge is 0.199 e. The van der Waals surface area contributed by atoms with Crippen molar-refractivity contribution in [2.45, 2.75) is 26.2 Å². The summed E-state index contributed by atoms with van der Waals surface area (Å²) in [5, 5.41) is 0. The van der Waals surface area contributed by atoms with E-state index in [1.807, 2.05) is 36.4 Å². The lowest BCUT2D eigenvalue weighted by atomic mass is 9.87. The molecule has 0 radical (unpaired) electrons. The number of nitrogens with zero attached hydrogens (tertiary/aromatic N) is 4. The molecule has 5 rings (SSSR count). The van der Waals surface area contributed by atoms with Crippen molar-refractivity contribution in [2.24, 2.45) is 0 Å². The van der Waals surface area contributed by atoms with E-state index in [-0.39, 0.29) is 5.41 Å². The van der Waals surface area contributed by atoms with Gasteiger partial charge in [0, 0.05) is 15.7 Å². The molecule has 3 aromatic carbocycles. The van der Waals surface area contributed by atoms with Crippen LogP contribution in [0.15, 0.2) is 77.3 Å². The lowest BCUT2D eigenvalue weighted by Gasteiger charge is -2.19. The van der Waals surface area contributed by atoms with Crippen LogP contribution in [0, 0.1) is 0 Å². The zero-order valence-electron chi connectivity index (χ0n) is 17.1. The maximum atomic E-state index is 4.91. The molecule has 0 aliphatic heterocycles. The molecular formula is C25H21BrN4. The van der Waals surface area contributed by atoms with E-state index in [4.69, 9.17) is 15.0 Å². The zero-order chi connectivity index (χ0) is 20.9. The molecule has 0 spiro atoms. The van der Waals surface area contributed by atoms with Crippen molar-refractivity contribution < 1.29 is 0 Å². The Labute approximate surface area is 183 Å². The van der Waals surface area contributed by atoms with Crippen LogP contribution in [-0.4, -0.2) is 19.5 Å². The molecular weight excluding hydrogens is 436 g/mol. The second-order valence-corrected chi connectivity index (χ2v) is 9.35. The Morgan fingerprint density at radius 1 is 0.733 bits per heavy atom. The van der Waals surface area contributed by atoms with Gasteiger partial charge in [-0.1, -0.05) is 73.1 Å². The van der Waals surface area contributed by atoms with Gasteiger partial charge in [-0.25, -0.2) is 15.0 Å². The first-order valence-electron chi connectivity index (χ1n) is 9.92. The molecule has 0 saturated heterocycles. The van der Waals surface area contributed by atoms with E-state index in [0.717, 1.165) is 38.2 Å². The van der Waals surface area contributed by atoms with Gasteiger partial charge in [0.15, 0.2) is 11.3 Å². The van der Waals surface area contributed by atoms with E-state index in [1.165, 1.54) is 5.56 Å². The van der Waals surface area contributed by atoms with Crippen LogP contribution in [0.25, 0.3) is 39.4 Å². The summed E-state index contributed by atoms with van der Waals surface area (Å²) in [6.07, 6.45) is 0. The van der Waals surface area contributed by atoms with Gasteiger partial charge in [-0.3, -0.25) is 4.57 Å². The molecule has 5 aromatic rings. The highest BCUT2D eigenvalue weighted by atomic mass is 79.9. The number of hydrogen-bond acceptors (Lipinski definition) is 3. The number of benzene rings is 3. The van der Waals surface area contributed by atoms with Gasteiger partial charge in [0.2, 0.25) is 0 Å². The van der Waals surface area contributed by atoms with Gasteiger partial charge in [-0.15, -0.1) is 0 Å². The van der Waals surface area contributed by atoms with Crippen LogP contribution in [0.3, 0.4) is 0 Å². The summed E-state index contributed by atoms with van der Waals surface area (Å²) in [5.74, 6) is 0.836. The fraction of sp³-hybridized carbons (Fsp3) is 0.160. The third-order valence-corrected chi connectivity index (χ3v) is 5.79. The largest absolute Gasteiger partial charge is 0.275 e. The maximum absolute atomic E-state index is 4.91. The highest BCUT2D eigenvalue weighted by Crippen LogP contribution is 2.30. The summed E-state index contributed by atoms with van der Waals surface area (Å²) < 4.78 is 3.12. The number of para-hydroxylation sites is 2. The third-order valence-electron chi connectivity index (χ3n) is 5.26. The minimum absolute atomic E-state index is 0.102. The molecule has 0 atom stereocenters. The standard InChI is InChI=1S/C25H21BrN4/c1-25(2,3)17-10-8-16(9-11-17)23-29-22-24(28-21-7-5-4-6-20(21)27-22)30(23)19-14-12-18(26)13-15-19/h4-15H,1-3H3. The van der Waals surface area contributed by atoms with Gasteiger partial charge in [0.1, 0.15) is 5.82 Å². The number of halogens is 1. The number of imidazole rings is 1. The first-order valence-corrected chi connectivity index (χ1v) is 10.7. The van der Waals surface area contributed by atoms with Gasteiger partial charge in [0.25, 0.3) is 0 Å². The van der Waals surface area contributed by atoms with E-state index in [0.29, 0.717) is 5.65 Å². The molecule has 148 valence electrons. The van der Waals surface area contributed by atoms with E-state index in [1.54, 1.807) is 0 Å². The Kier molecular flexibility index (Phi) is 4.44. The molecule has 0 N–H and O–H groups in total. The van der Waals surface area contributed by atoms with E-state index >= 15 is 0 Å². The van der Waals surface area contributed by atoms with Crippen LogP contribution in [0.4, 0.5) is 0 Å². The first kappa shape index (κ1) is 18.9. The molecule has 2 aromatic heterocycles. The minimum atomic E-state index is 0.102. The molecule has 30 heavy (non-hydrogen) atoms. The van der Waals surface area contributed by atoms with Crippen LogP contribution in [0.2, 0.25) is 0 Å². The van der Waals surface area contributed by atoms with Crippen LogP contribution in [-0.2, 0) is 5.41 Å². The molecule has 0 amide bonds. The summed E-state index contributed by atoms with van der Waals surface area (Å²) >= 11 is 3.53. The highest BCUT2D eigenvalue weighted by molar-refractivity contribution is 9.10. The second-order valence-electron chi connectivity index (χ2n) is 8.43. The summed E-state index contributed by atoms with van der Waals surface area (Å²) in [5.41, 5.74) is 6.54. The molecule has 0 unspecified atom stereocenters. The monoisotopic (exact) mass is 456 g/mol. The van der Waals surface area contributed by atoms with Crippen LogP contribution < -0.4 is 0 Å². The van der Waals surface area contributed by atoms with Crippen molar-refractivity contribution in [1.29, 1.82) is 0 Å². The van der Waals surface area contributed by atoms with Crippen LogP contribution >= 0.6 is 15.9 Å². The van der Waals surface area contributed by atoms with E-state index < -0.39 is 0 Å². The minimum Gasteiger partial charge on any atom is -0.275 e. The molecule has 0 aliphatic rings. The van der Waals surface area contributed by atoms with Crippen molar-refractivity contribution in [3.8, 4) is 17.1 Å². The Morgan fingerprint density at radius 2 is 1.37 bits per heavy atom. The third kappa shape index (κ3) is 3.29. The normalized spacial score (nSPS) is 12.0. The molecule has 0 bridgehead atoms. The van der Waals surface area contributed by atoms with Gasteiger partial charge in [-0.2, -0.15) is 0 Å². The summed E-state index contributed by atoms with van der Waals surface area (Å²) in [4.78, 5) is 14.6. The fourth-order valence-corrected chi connectivity index (χ4v) is 3.87. The lowest BCUT2D eigenvalue weighted by Crippen LogP contribution is -2.10. The number of hydrogen-bond donors (Lipinski definition) is 0. The first-order chi connectivity index (χ1) is 14.4. The number of aromatic nitrogens is 4. The van der Waals surface area contributed by atoms with Crippen molar-refractivity contribution in [2.75, 3.05) is 0 Å². The van der Waals surface area contributed by atoms with E-state index in [9.17, 15) is 0 Å². The quantitative estimate of drug-likeness (QED) is 0.296. The van der Waals surface area contributed by atoms with Crippen molar-refractivity contribution >= 4 is 38.3 Å². The number of fused-ring (bicyclic) bond motifs is 2. The van der Waals surface area contributed by atoms with Crippen LogP contribution in [0.5, 0.6) is 0 Å². The summed E-state index contributed by atoms with van der Waals surface area (Å²) in [6, 6.07) is 24.7. The van der Waals surface area contributed by atoms with Gasteiger partial charge < -0.3 is 0 Å². The zero-order valence-corrected chi connectivity index (χ0v) is 18.7. The van der Waals surface area contributed by atoms with Crippen molar-refractivity contribution in [1.82, 2.24) is 19.5 Å². The Hall–Kier alpha value is -3.05. The van der Waals surface area contributed by atoms with Gasteiger partial charge in [0.05, 0.1) is 11.0 Å². The SMILES string of the molecule is CC(C)(C)c1ccc(-c2nc3nc4ccccc4nc3n2-c2ccc(Br)cc2)cc1. The number of rotatable bonds is 2. The molecule has 5 heteroatoms. The predicted molar refractivity (Wildman–Crippen MR) is 126 cm³/mol. The van der Waals surface area contributed by atoms with E-state index in [2.05, 4.69) is 77.7 Å². The Morgan fingerprint density at radius 3 is 2.00 bits per heavy atom. The Bertz CT molecular complexity index is 1360. The second kappa shape index (κ2) is 7.03. The lowest BCUT2D eigenvalue weighted by molar-refractivity contribution is 0.590. The predicted octanol–water partition coefficient (Wildman–Crippen LogP) is 6.70. The van der Waals surface area contributed by atoms with Crippen LogP contribution in [0.1, 0.15) is 26.3 Å². The average Bonchev–Trinajstić information content (AvgIpc) is 3.10. The summed E-state index contributed by atoms with van der Waals surface area (Å²) in [6.45, 7) is 6.66. The summed E-state index contributed by atoms with van der Waals surface area (Å²) in [7, 11) is 0. The topological polar surface area (TPSA) is 43.6 Å². The molecule has 0 saturated carbocycles. The molecule has 0 fully saturated rings. The average molecular weight is 457 g/mol. The molecule has 0 aliphatic carbocycles. The Balaban J connectivity index is 1.78.